The monoisotopic (exact) mass is 280 g/mol. The van der Waals surface area contributed by atoms with Crippen LogP contribution in [0.5, 0.6) is 0 Å². The third kappa shape index (κ3) is 6.00. The highest BCUT2D eigenvalue weighted by atomic mass is 35.5. The Morgan fingerprint density at radius 2 is 2.11 bits per heavy atom. The molecule has 5 nitrogen and oxygen atoms in total. The van der Waals surface area contributed by atoms with Crippen molar-refractivity contribution < 1.29 is 14.3 Å². The molecule has 1 rings (SSSR count). The molecule has 1 heterocycles. The lowest BCUT2D eigenvalue weighted by atomic mass is 9.92. The molecule has 6 heteroatoms. The lowest BCUT2D eigenvalue weighted by Crippen LogP contribution is -2.48. The van der Waals surface area contributed by atoms with Crippen molar-refractivity contribution in [3.63, 3.8) is 0 Å². The topological polar surface area (TPSA) is 73.6 Å². The molecule has 0 aromatic heterocycles. The van der Waals surface area contributed by atoms with E-state index in [0.717, 1.165) is 12.8 Å². The first-order valence-corrected chi connectivity index (χ1v) is 6.25. The maximum Gasteiger partial charge on any atom is 0.237 e. The average molecular weight is 281 g/mol. The number of amides is 1. The van der Waals surface area contributed by atoms with E-state index in [9.17, 15) is 4.79 Å². The van der Waals surface area contributed by atoms with Crippen LogP contribution < -0.4 is 11.1 Å². The molecule has 0 aliphatic carbocycles. The molecular formula is C12H25ClN2O3. The second-order valence-corrected chi connectivity index (χ2v) is 4.78. The van der Waals surface area contributed by atoms with Crippen molar-refractivity contribution in [3.05, 3.63) is 0 Å². The molecule has 0 bridgehead atoms. The number of carbonyl (C=O) groups is 1. The molecule has 0 aromatic rings. The average Bonchev–Trinajstić information content (AvgIpc) is 2.36. The Bertz CT molecular complexity index is 235. The number of nitrogens with one attached hydrogen (secondary N) is 1. The summed E-state index contributed by atoms with van der Waals surface area (Å²) >= 11 is 0. The van der Waals surface area contributed by atoms with Crippen molar-refractivity contribution in [3.8, 4) is 0 Å². The van der Waals surface area contributed by atoms with Gasteiger partial charge in [-0.1, -0.05) is 6.92 Å². The van der Waals surface area contributed by atoms with Gasteiger partial charge in [0.25, 0.3) is 0 Å². The second kappa shape index (κ2) is 9.55. The zero-order chi connectivity index (χ0) is 12.7. The van der Waals surface area contributed by atoms with Gasteiger partial charge < -0.3 is 20.5 Å². The van der Waals surface area contributed by atoms with Crippen LogP contribution in [-0.4, -0.2) is 45.4 Å². The first kappa shape index (κ1) is 17.6. The lowest BCUT2D eigenvalue weighted by Gasteiger charge is -2.27. The minimum atomic E-state index is -0.409. The Balaban J connectivity index is 0.00000289. The van der Waals surface area contributed by atoms with Crippen LogP contribution >= 0.6 is 12.4 Å². The van der Waals surface area contributed by atoms with Gasteiger partial charge in [0.15, 0.2) is 0 Å². The minimum absolute atomic E-state index is 0. The lowest BCUT2D eigenvalue weighted by molar-refractivity contribution is -0.124. The van der Waals surface area contributed by atoms with Crippen LogP contribution in [0.2, 0.25) is 0 Å². The molecule has 108 valence electrons. The molecule has 0 saturated carbocycles. The van der Waals surface area contributed by atoms with E-state index >= 15 is 0 Å². The molecule has 3 N–H and O–H groups in total. The molecule has 2 atom stereocenters. The molecule has 0 radical (unpaired) electrons. The van der Waals surface area contributed by atoms with Gasteiger partial charge in [-0.05, 0) is 24.7 Å². The predicted molar refractivity (Wildman–Crippen MR) is 72.8 cm³/mol. The Morgan fingerprint density at radius 3 is 2.67 bits per heavy atom. The summed E-state index contributed by atoms with van der Waals surface area (Å²) in [5.41, 5.74) is 5.95. The van der Waals surface area contributed by atoms with Crippen LogP contribution in [-0.2, 0) is 14.3 Å². The summed E-state index contributed by atoms with van der Waals surface area (Å²) < 4.78 is 10.3. The van der Waals surface area contributed by atoms with Gasteiger partial charge >= 0.3 is 0 Å². The van der Waals surface area contributed by atoms with Gasteiger partial charge in [-0.2, -0.15) is 0 Å². The molecule has 18 heavy (non-hydrogen) atoms. The summed E-state index contributed by atoms with van der Waals surface area (Å²) in [4.78, 5) is 11.8. The van der Waals surface area contributed by atoms with E-state index in [1.54, 1.807) is 7.11 Å². The van der Waals surface area contributed by atoms with Crippen molar-refractivity contribution in [2.24, 2.45) is 17.6 Å². The molecule has 1 aliphatic heterocycles. The number of hydrogen-bond acceptors (Lipinski definition) is 4. The van der Waals surface area contributed by atoms with E-state index in [4.69, 9.17) is 15.2 Å². The van der Waals surface area contributed by atoms with Crippen molar-refractivity contribution >= 4 is 18.3 Å². The van der Waals surface area contributed by atoms with E-state index in [1.165, 1.54) is 0 Å². The molecular weight excluding hydrogens is 256 g/mol. The molecule has 1 saturated heterocycles. The quantitative estimate of drug-likeness (QED) is 0.746. The molecule has 1 aliphatic rings. The summed E-state index contributed by atoms with van der Waals surface area (Å²) in [6.45, 7) is 4.72. The number of nitrogens with two attached hydrogens (primary N) is 1. The Labute approximate surface area is 115 Å². The maximum absolute atomic E-state index is 11.8. The summed E-state index contributed by atoms with van der Waals surface area (Å²) in [7, 11) is 1.66. The van der Waals surface area contributed by atoms with Crippen molar-refractivity contribution in [1.82, 2.24) is 5.32 Å². The first-order chi connectivity index (χ1) is 8.15. The van der Waals surface area contributed by atoms with Crippen molar-refractivity contribution in [2.45, 2.75) is 25.8 Å². The summed E-state index contributed by atoms with van der Waals surface area (Å²) in [6.07, 6.45) is 1.75. The van der Waals surface area contributed by atoms with Crippen molar-refractivity contribution in [1.29, 1.82) is 0 Å². The highest BCUT2D eigenvalue weighted by molar-refractivity contribution is 5.85. The predicted octanol–water partition coefficient (Wildman–Crippen LogP) is 0.561. The number of methoxy groups -OCH3 is 1. The SMILES string of the molecule is COCC(C)CNC(=O)C(N)C1CCOCC1.Cl. The Morgan fingerprint density at radius 1 is 1.50 bits per heavy atom. The summed E-state index contributed by atoms with van der Waals surface area (Å²) in [5, 5.41) is 2.88. The van der Waals surface area contributed by atoms with Crippen LogP contribution in [0.3, 0.4) is 0 Å². The molecule has 0 aromatic carbocycles. The number of hydrogen-bond donors (Lipinski definition) is 2. The molecule has 0 spiro atoms. The highest BCUT2D eigenvalue weighted by Crippen LogP contribution is 2.17. The first-order valence-electron chi connectivity index (χ1n) is 6.25. The number of halogens is 1. The highest BCUT2D eigenvalue weighted by Gasteiger charge is 2.26. The minimum Gasteiger partial charge on any atom is -0.384 e. The van der Waals surface area contributed by atoms with E-state index in [2.05, 4.69) is 5.32 Å². The maximum atomic E-state index is 11.8. The van der Waals surface area contributed by atoms with Gasteiger partial charge in [0.05, 0.1) is 12.6 Å². The molecule has 2 unspecified atom stereocenters. The number of rotatable bonds is 6. The van der Waals surface area contributed by atoms with Gasteiger partial charge in [0, 0.05) is 26.9 Å². The Hall–Kier alpha value is -0.360. The second-order valence-electron chi connectivity index (χ2n) is 4.78. The molecule has 1 amide bonds. The number of ether oxygens (including phenoxy) is 2. The van der Waals surface area contributed by atoms with Gasteiger partial charge in [-0.3, -0.25) is 4.79 Å². The normalized spacial score (nSPS) is 19.7. The van der Waals surface area contributed by atoms with Gasteiger partial charge in [0.1, 0.15) is 0 Å². The van der Waals surface area contributed by atoms with E-state index < -0.39 is 6.04 Å². The standard InChI is InChI=1S/C12H24N2O3.ClH/c1-9(8-16-2)7-14-12(15)11(13)10-3-5-17-6-4-10;/h9-11H,3-8,13H2,1-2H3,(H,14,15);1H. The summed E-state index contributed by atoms with van der Waals surface area (Å²) in [6, 6.07) is -0.409. The summed E-state index contributed by atoms with van der Waals surface area (Å²) in [5.74, 6) is 0.507. The van der Waals surface area contributed by atoms with Crippen LogP contribution in [0.1, 0.15) is 19.8 Å². The van der Waals surface area contributed by atoms with Crippen LogP contribution in [0.25, 0.3) is 0 Å². The zero-order valence-electron chi connectivity index (χ0n) is 11.2. The third-order valence-electron chi connectivity index (χ3n) is 3.15. The van der Waals surface area contributed by atoms with Gasteiger partial charge in [-0.25, -0.2) is 0 Å². The van der Waals surface area contributed by atoms with Crippen LogP contribution in [0.15, 0.2) is 0 Å². The third-order valence-corrected chi connectivity index (χ3v) is 3.15. The molecule has 1 fully saturated rings. The van der Waals surface area contributed by atoms with Gasteiger partial charge in [-0.15, -0.1) is 12.4 Å². The van der Waals surface area contributed by atoms with E-state index in [-0.39, 0.29) is 24.2 Å². The number of carbonyl (C=O) groups excluding carboxylic acids is 1. The van der Waals surface area contributed by atoms with E-state index in [1.807, 2.05) is 6.92 Å². The van der Waals surface area contributed by atoms with E-state index in [0.29, 0.717) is 32.3 Å². The fourth-order valence-electron chi connectivity index (χ4n) is 2.03. The fourth-order valence-corrected chi connectivity index (χ4v) is 2.03. The van der Waals surface area contributed by atoms with Gasteiger partial charge in [0.2, 0.25) is 5.91 Å². The zero-order valence-corrected chi connectivity index (χ0v) is 12.0. The van der Waals surface area contributed by atoms with Crippen LogP contribution in [0.4, 0.5) is 0 Å². The fraction of sp³-hybridized carbons (Fsp3) is 0.917. The Kier molecular flexibility index (Phi) is 9.36. The van der Waals surface area contributed by atoms with Crippen molar-refractivity contribution in [2.75, 3.05) is 33.5 Å². The largest absolute Gasteiger partial charge is 0.384 e. The van der Waals surface area contributed by atoms with Crippen LogP contribution in [0, 0.1) is 11.8 Å². The smallest absolute Gasteiger partial charge is 0.237 e.